The molecule has 0 aromatic rings. The van der Waals surface area contributed by atoms with Gasteiger partial charge in [0.25, 0.3) is 0 Å². The largest absolute Gasteiger partial charge is 0.481 e. The van der Waals surface area contributed by atoms with Crippen LogP contribution in [0.1, 0.15) is 45.4 Å². The van der Waals surface area contributed by atoms with Gasteiger partial charge in [0, 0.05) is 30.5 Å². The van der Waals surface area contributed by atoms with E-state index in [1.54, 1.807) is 0 Å². The maximum Gasteiger partial charge on any atom is 0.310 e. The van der Waals surface area contributed by atoms with Crippen molar-refractivity contribution in [3.63, 3.8) is 0 Å². The number of carbonyl (C=O) groups is 2. The number of carbonyl (C=O) groups excluding carboxylic acids is 1. The Kier molecular flexibility index (Phi) is 4.76. The highest BCUT2D eigenvalue weighted by atomic mass is 32.2. The van der Waals surface area contributed by atoms with Gasteiger partial charge in [-0.1, -0.05) is 19.8 Å². The second-order valence-electron chi connectivity index (χ2n) is 5.71. The van der Waals surface area contributed by atoms with Crippen molar-refractivity contribution >= 4 is 23.6 Å². The predicted octanol–water partition coefficient (Wildman–Crippen LogP) is 2.38. The summed E-state index contributed by atoms with van der Waals surface area (Å²) in [4.78, 5) is 25.7. The molecular formula is C14H23NO3S. The zero-order valence-corrected chi connectivity index (χ0v) is 12.4. The van der Waals surface area contributed by atoms with Gasteiger partial charge in [0.1, 0.15) is 0 Å². The molecule has 1 saturated carbocycles. The Balaban J connectivity index is 1.97. The van der Waals surface area contributed by atoms with E-state index >= 15 is 0 Å². The van der Waals surface area contributed by atoms with Crippen molar-refractivity contribution in [3.05, 3.63) is 0 Å². The van der Waals surface area contributed by atoms with Gasteiger partial charge in [-0.2, -0.15) is 11.8 Å². The van der Waals surface area contributed by atoms with E-state index in [4.69, 9.17) is 0 Å². The molecule has 1 saturated heterocycles. The van der Waals surface area contributed by atoms with Crippen LogP contribution in [0.3, 0.4) is 0 Å². The van der Waals surface area contributed by atoms with Crippen molar-refractivity contribution in [2.45, 2.75) is 50.7 Å². The van der Waals surface area contributed by atoms with Gasteiger partial charge in [-0.05, 0) is 19.3 Å². The highest BCUT2D eigenvalue weighted by Crippen LogP contribution is 2.42. The molecule has 1 aliphatic carbocycles. The van der Waals surface area contributed by atoms with E-state index in [1.807, 2.05) is 16.7 Å². The Morgan fingerprint density at radius 3 is 2.63 bits per heavy atom. The first kappa shape index (κ1) is 14.7. The van der Waals surface area contributed by atoms with E-state index < -0.39 is 11.4 Å². The molecule has 1 atom stereocenters. The van der Waals surface area contributed by atoms with Crippen molar-refractivity contribution in [3.8, 4) is 0 Å². The van der Waals surface area contributed by atoms with Gasteiger partial charge in [0.2, 0.25) is 5.91 Å². The first-order valence-electron chi connectivity index (χ1n) is 7.20. The minimum absolute atomic E-state index is 0.0445. The maximum atomic E-state index is 12.4. The van der Waals surface area contributed by atoms with Gasteiger partial charge in [0.15, 0.2) is 0 Å². The van der Waals surface area contributed by atoms with Crippen LogP contribution in [-0.2, 0) is 9.59 Å². The molecule has 108 valence electrons. The maximum absolute atomic E-state index is 12.4. The van der Waals surface area contributed by atoms with E-state index in [-0.39, 0.29) is 12.3 Å². The number of carboxylic acid groups (broad SMARTS) is 1. The quantitative estimate of drug-likeness (QED) is 0.861. The van der Waals surface area contributed by atoms with Gasteiger partial charge in [-0.3, -0.25) is 9.59 Å². The SMILES string of the molecule is CCC1CN(C(=O)CC2(C(=O)O)CCCC2)CCS1. The summed E-state index contributed by atoms with van der Waals surface area (Å²) in [5.41, 5.74) is -0.774. The lowest BCUT2D eigenvalue weighted by Gasteiger charge is -2.34. The summed E-state index contributed by atoms with van der Waals surface area (Å²) in [6.07, 6.45) is 4.46. The molecule has 1 aliphatic heterocycles. The van der Waals surface area contributed by atoms with E-state index in [0.717, 1.165) is 38.1 Å². The summed E-state index contributed by atoms with van der Waals surface area (Å²) in [6, 6.07) is 0. The van der Waals surface area contributed by atoms with Crippen LogP contribution in [0, 0.1) is 5.41 Å². The summed E-state index contributed by atoms with van der Waals surface area (Å²) >= 11 is 1.92. The molecule has 0 aromatic heterocycles. The van der Waals surface area contributed by atoms with Crippen LogP contribution in [0.2, 0.25) is 0 Å². The van der Waals surface area contributed by atoms with E-state index in [0.29, 0.717) is 18.1 Å². The number of thioether (sulfide) groups is 1. The molecular weight excluding hydrogens is 262 g/mol. The number of hydrogen-bond donors (Lipinski definition) is 1. The highest BCUT2D eigenvalue weighted by Gasteiger charge is 2.44. The second-order valence-corrected chi connectivity index (χ2v) is 7.12. The topological polar surface area (TPSA) is 57.6 Å². The fourth-order valence-corrected chi connectivity index (χ4v) is 4.29. The number of carboxylic acids is 1. The molecule has 0 aromatic carbocycles. The van der Waals surface area contributed by atoms with Gasteiger partial charge >= 0.3 is 5.97 Å². The Morgan fingerprint density at radius 2 is 2.05 bits per heavy atom. The summed E-state index contributed by atoms with van der Waals surface area (Å²) in [5.74, 6) is 0.240. The molecule has 5 heteroatoms. The minimum Gasteiger partial charge on any atom is -0.481 e. The third-order valence-corrected chi connectivity index (χ3v) is 5.82. The van der Waals surface area contributed by atoms with E-state index in [9.17, 15) is 14.7 Å². The number of nitrogens with zero attached hydrogens (tertiary/aromatic N) is 1. The van der Waals surface area contributed by atoms with Crippen LogP contribution in [0.5, 0.6) is 0 Å². The van der Waals surface area contributed by atoms with Crippen LogP contribution in [0.4, 0.5) is 0 Å². The molecule has 0 spiro atoms. The number of aliphatic carboxylic acids is 1. The van der Waals surface area contributed by atoms with Crippen LogP contribution < -0.4 is 0 Å². The normalized spacial score (nSPS) is 26.4. The molecule has 1 unspecified atom stereocenters. The molecule has 1 N–H and O–H groups in total. The molecule has 1 amide bonds. The molecule has 2 rings (SSSR count). The first-order chi connectivity index (χ1) is 9.07. The smallest absolute Gasteiger partial charge is 0.310 e. The third kappa shape index (κ3) is 3.25. The molecule has 2 fully saturated rings. The van der Waals surface area contributed by atoms with Crippen LogP contribution >= 0.6 is 11.8 Å². The molecule has 2 aliphatic rings. The summed E-state index contributed by atoms with van der Waals surface area (Å²) < 4.78 is 0. The van der Waals surface area contributed by atoms with Crippen molar-refractivity contribution in [2.75, 3.05) is 18.8 Å². The van der Waals surface area contributed by atoms with Crippen molar-refractivity contribution < 1.29 is 14.7 Å². The van der Waals surface area contributed by atoms with E-state index in [1.165, 1.54) is 0 Å². The fraction of sp³-hybridized carbons (Fsp3) is 0.857. The zero-order valence-electron chi connectivity index (χ0n) is 11.6. The molecule has 1 heterocycles. The van der Waals surface area contributed by atoms with E-state index in [2.05, 4.69) is 6.92 Å². The van der Waals surface area contributed by atoms with Gasteiger partial charge in [-0.25, -0.2) is 0 Å². The average Bonchev–Trinajstić information content (AvgIpc) is 2.88. The Morgan fingerprint density at radius 1 is 1.37 bits per heavy atom. The predicted molar refractivity (Wildman–Crippen MR) is 76.3 cm³/mol. The Bertz CT molecular complexity index is 353. The Hall–Kier alpha value is -0.710. The van der Waals surface area contributed by atoms with Crippen LogP contribution in [0.15, 0.2) is 0 Å². The lowest BCUT2D eigenvalue weighted by atomic mass is 9.82. The van der Waals surface area contributed by atoms with Gasteiger partial charge < -0.3 is 10.0 Å². The van der Waals surface area contributed by atoms with Gasteiger partial charge in [0.05, 0.1) is 5.41 Å². The zero-order chi connectivity index (χ0) is 13.9. The fourth-order valence-electron chi connectivity index (χ4n) is 3.11. The molecule has 0 radical (unpaired) electrons. The minimum atomic E-state index is -0.781. The van der Waals surface area contributed by atoms with Gasteiger partial charge in [-0.15, -0.1) is 0 Å². The standard InChI is InChI=1S/C14H23NO3S/c1-2-11-10-15(7-8-19-11)12(16)9-14(13(17)18)5-3-4-6-14/h11H,2-10H2,1H3,(H,17,18). The van der Waals surface area contributed by atoms with Crippen LogP contribution in [-0.4, -0.2) is 46.0 Å². The Labute approximate surface area is 118 Å². The van der Waals surface area contributed by atoms with Crippen molar-refractivity contribution in [1.82, 2.24) is 4.90 Å². The highest BCUT2D eigenvalue weighted by molar-refractivity contribution is 8.00. The second kappa shape index (κ2) is 6.16. The summed E-state index contributed by atoms with van der Waals surface area (Å²) in [7, 11) is 0. The molecule has 19 heavy (non-hydrogen) atoms. The molecule has 0 bridgehead atoms. The van der Waals surface area contributed by atoms with Crippen molar-refractivity contribution in [1.29, 1.82) is 0 Å². The first-order valence-corrected chi connectivity index (χ1v) is 8.25. The monoisotopic (exact) mass is 285 g/mol. The third-order valence-electron chi connectivity index (χ3n) is 4.45. The summed E-state index contributed by atoms with van der Waals surface area (Å²) in [5, 5.41) is 9.95. The number of amides is 1. The lowest BCUT2D eigenvalue weighted by Crippen LogP contribution is -2.44. The summed E-state index contributed by atoms with van der Waals surface area (Å²) in [6.45, 7) is 3.70. The number of hydrogen-bond acceptors (Lipinski definition) is 3. The number of rotatable bonds is 4. The lowest BCUT2D eigenvalue weighted by molar-refractivity contribution is -0.153. The van der Waals surface area contributed by atoms with Crippen molar-refractivity contribution in [2.24, 2.45) is 5.41 Å². The van der Waals surface area contributed by atoms with Crippen LogP contribution in [0.25, 0.3) is 0 Å². The molecule has 4 nitrogen and oxygen atoms in total. The average molecular weight is 285 g/mol.